The van der Waals surface area contributed by atoms with Gasteiger partial charge in [0.25, 0.3) is 0 Å². The molecule has 29 heavy (non-hydrogen) atoms. The van der Waals surface area contributed by atoms with Gasteiger partial charge >= 0.3 is 0 Å². The molecule has 2 aliphatic rings. The molecule has 0 N–H and O–H groups in total. The fourth-order valence-corrected chi connectivity index (χ4v) is 5.32. The van der Waals surface area contributed by atoms with Gasteiger partial charge < -0.3 is 9.80 Å². The van der Waals surface area contributed by atoms with Crippen LogP contribution < -0.4 is 4.90 Å². The molecule has 1 unspecified atom stereocenters. The van der Waals surface area contributed by atoms with Gasteiger partial charge in [0.15, 0.2) is 0 Å². The molecule has 5 heteroatoms. The number of carbonyl (C=O) groups is 1. The van der Waals surface area contributed by atoms with Crippen molar-refractivity contribution >= 4 is 11.6 Å². The number of rotatable bonds is 3. The molecule has 2 aliphatic heterocycles. The first kappa shape index (κ1) is 19.9. The topological polar surface area (TPSA) is 23.6 Å². The summed E-state index contributed by atoms with van der Waals surface area (Å²) in [5, 5.41) is 0. The van der Waals surface area contributed by atoms with Crippen LogP contribution in [-0.2, 0) is 11.2 Å². The maximum atomic E-state index is 13.4. The molecular weight excluding hydrogens is 370 g/mol. The normalized spacial score (nSPS) is 23.2. The van der Waals surface area contributed by atoms with E-state index in [1.54, 1.807) is 6.07 Å². The van der Waals surface area contributed by atoms with Crippen LogP contribution in [0.2, 0.25) is 0 Å². The Kier molecular flexibility index (Phi) is 4.88. The van der Waals surface area contributed by atoms with E-state index in [0.717, 1.165) is 49.2 Å². The molecule has 3 nitrogen and oxygen atoms in total. The van der Waals surface area contributed by atoms with Crippen LogP contribution in [0.25, 0.3) is 0 Å². The zero-order valence-electron chi connectivity index (χ0n) is 17.3. The minimum atomic E-state index is -0.274. The molecule has 0 saturated carbocycles. The third-order valence-electron chi connectivity index (χ3n) is 6.63. The number of nitrogens with zero attached hydrogens (tertiary/aromatic N) is 2. The standard InChI is InChI=1S/C24H28F2N2O/c1-17-13-20(26)6-5-18(17)14-22(29)27-12-4-11-24(27)15-23(2,3)28(16-24)21-9-7-19(25)8-10-21/h5-10,13H,4,11-12,14-16H2,1-3H3. The molecule has 2 heterocycles. The maximum Gasteiger partial charge on any atom is 0.227 e. The monoisotopic (exact) mass is 398 g/mol. The Morgan fingerprint density at radius 2 is 1.76 bits per heavy atom. The molecule has 154 valence electrons. The van der Waals surface area contributed by atoms with Crippen LogP contribution in [0.15, 0.2) is 42.5 Å². The number of anilines is 1. The van der Waals surface area contributed by atoms with E-state index >= 15 is 0 Å². The SMILES string of the molecule is Cc1cc(F)ccc1CC(=O)N1CCCC12CN(c1ccc(F)cc1)C(C)(C)C2. The second-order valence-electron chi connectivity index (χ2n) is 9.17. The van der Waals surface area contributed by atoms with Crippen LogP contribution in [-0.4, -0.2) is 35.0 Å². The van der Waals surface area contributed by atoms with Crippen LogP contribution in [0.4, 0.5) is 14.5 Å². The Balaban J connectivity index is 1.58. The predicted molar refractivity (Wildman–Crippen MR) is 111 cm³/mol. The van der Waals surface area contributed by atoms with Gasteiger partial charge in [-0.1, -0.05) is 6.07 Å². The smallest absolute Gasteiger partial charge is 0.227 e. The van der Waals surface area contributed by atoms with Crippen molar-refractivity contribution in [3.8, 4) is 0 Å². The van der Waals surface area contributed by atoms with Gasteiger partial charge in [-0.05, 0) is 87.6 Å². The highest BCUT2D eigenvalue weighted by Crippen LogP contribution is 2.47. The molecule has 0 aliphatic carbocycles. The Morgan fingerprint density at radius 3 is 2.45 bits per heavy atom. The van der Waals surface area contributed by atoms with Gasteiger partial charge in [0.05, 0.1) is 12.0 Å². The molecule has 2 aromatic carbocycles. The molecule has 1 amide bonds. The van der Waals surface area contributed by atoms with Gasteiger partial charge in [-0.2, -0.15) is 0 Å². The summed E-state index contributed by atoms with van der Waals surface area (Å²) in [6, 6.07) is 11.2. The number of hydrogen-bond donors (Lipinski definition) is 0. The summed E-state index contributed by atoms with van der Waals surface area (Å²) in [5.41, 5.74) is 2.34. The van der Waals surface area contributed by atoms with E-state index in [1.165, 1.54) is 24.3 Å². The van der Waals surface area contributed by atoms with Crippen molar-refractivity contribution in [3.05, 3.63) is 65.2 Å². The summed E-state index contributed by atoms with van der Waals surface area (Å²) in [4.78, 5) is 17.6. The summed E-state index contributed by atoms with van der Waals surface area (Å²) < 4.78 is 26.8. The zero-order chi connectivity index (χ0) is 20.8. The van der Waals surface area contributed by atoms with E-state index in [9.17, 15) is 13.6 Å². The summed E-state index contributed by atoms with van der Waals surface area (Å²) in [5.74, 6) is -0.411. The summed E-state index contributed by atoms with van der Waals surface area (Å²) in [6.45, 7) is 7.74. The second-order valence-corrected chi connectivity index (χ2v) is 9.17. The fraction of sp³-hybridized carbons (Fsp3) is 0.458. The molecular formula is C24H28F2N2O. The van der Waals surface area contributed by atoms with Crippen molar-refractivity contribution in [1.82, 2.24) is 4.90 Å². The third kappa shape index (κ3) is 3.63. The predicted octanol–water partition coefficient (Wildman–Crippen LogP) is 4.87. The quantitative estimate of drug-likeness (QED) is 0.737. The Morgan fingerprint density at radius 1 is 1.07 bits per heavy atom. The van der Waals surface area contributed by atoms with E-state index in [1.807, 2.05) is 19.1 Å². The highest BCUT2D eigenvalue weighted by atomic mass is 19.1. The number of aryl methyl sites for hydroxylation is 1. The Bertz CT molecular complexity index is 925. The molecule has 2 fully saturated rings. The minimum Gasteiger partial charge on any atom is -0.364 e. The molecule has 1 atom stereocenters. The molecule has 0 radical (unpaired) electrons. The Hall–Kier alpha value is -2.43. The number of likely N-dealkylation sites (tertiary alicyclic amines) is 1. The van der Waals surface area contributed by atoms with E-state index < -0.39 is 0 Å². The van der Waals surface area contributed by atoms with Gasteiger partial charge in [-0.3, -0.25) is 4.79 Å². The molecule has 4 rings (SSSR count). The van der Waals surface area contributed by atoms with Crippen molar-refractivity contribution in [1.29, 1.82) is 0 Å². The van der Waals surface area contributed by atoms with Crippen molar-refractivity contribution in [2.24, 2.45) is 0 Å². The first-order chi connectivity index (χ1) is 13.7. The average Bonchev–Trinajstić information content (AvgIpc) is 3.17. The first-order valence-electron chi connectivity index (χ1n) is 10.3. The molecule has 0 bridgehead atoms. The number of amides is 1. The lowest BCUT2D eigenvalue weighted by Crippen LogP contribution is -2.49. The maximum absolute atomic E-state index is 13.4. The minimum absolute atomic E-state index is 0.106. The number of halogens is 2. The summed E-state index contributed by atoms with van der Waals surface area (Å²) in [6.07, 6.45) is 3.14. The largest absolute Gasteiger partial charge is 0.364 e. The molecule has 1 spiro atoms. The lowest BCUT2D eigenvalue weighted by Gasteiger charge is -2.35. The summed E-state index contributed by atoms with van der Waals surface area (Å²) >= 11 is 0. The van der Waals surface area contributed by atoms with Gasteiger partial charge in [-0.25, -0.2) is 8.78 Å². The van der Waals surface area contributed by atoms with Crippen LogP contribution in [0.5, 0.6) is 0 Å². The van der Waals surface area contributed by atoms with Crippen molar-refractivity contribution < 1.29 is 13.6 Å². The van der Waals surface area contributed by atoms with Gasteiger partial charge in [-0.15, -0.1) is 0 Å². The van der Waals surface area contributed by atoms with Crippen LogP contribution in [0.1, 0.15) is 44.2 Å². The van der Waals surface area contributed by atoms with E-state index in [4.69, 9.17) is 0 Å². The third-order valence-corrected chi connectivity index (χ3v) is 6.63. The fourth-order valence-electron chi connectivity index (χ4n) is 5.32. The average molecular weight is 398 g/mol. The molecule has 0 aromatic heterocycles. The molecule has 2 aromatic rings. The van der Waals surface area contributed by atoms with E-state index in [0.29, 0.717) is 6.42 Å². The van der Waals surface area contributed by atoms with Crippen LogP contribution in [0.3, 0.4) is 0 Å². The van der Waals surface area contributed by atoms with Crippen molar-refractivity contribution in [2.75, 3.05) is 18.0 Å². The van der Waals surface area contributed by atoms with Crippen LogP contribution in [0, 0.1) is 18.6 Å². The summed E-state index contributed by atoms with van der Waals surface area (Å²) in [7, 11) is 0. The van der Waals surface area contributed by atoms with Crippen molar-refractivity contribution in [3.63, 3.8) is 0 Å². The highest BCUT2D eigenvalue weighted by molar-refractivity contribution is 5.80. The Labute approximate surface area is 171 Å². The van der Waals surface area contributed by atoms with Gasteiger partial charge in [0.1, 0.15) is 11.6 Å². The van der Waals surface area contributed by atoms with Gasteiger partial charge in [0, 0.05) is 24.3 Å². The molecule has 2 saturated heterocycles. The van der Waals surface area contributed by atoms with Crippen LogP contribution >= 0.6 is 0 Å². The van der Waals surface area contributed by atoms with E-state index in [2.05, 4.69) is 23.6 Å². The van der Waals surface area contributed by atoms with Gasteiger partial charge in [0.2, 0.25) is 5.91 Å². The lowest BCUT2D eigenvalue weighted by molar-refractivity contribution is -0.134. The van der Waals surface area contributed by atoms with E-state index in [-0.39, 0.29) is 28.6 Å². The zero-order valence-corrected chi connectivity index (χ0v) is 17.3. The second kappa shape index (κ2) is 7.12. The lowest BCUT2D eigenvalue weighted by atomic mass is 9.87. The number of benzene rings is 2. The first-order valence-corrected chi connectivity index (χ1v) is 10.3. The number of carbonyl (C=O) groups excluding carboxylic acids is 1. The number of hydrogen-bond acceptors (Lipinski definition) is 2. The van der Waals surface area contributed by atoms with Crippen molar-refractivity contribution in [2.45, 2.75) is 57.5 Å². The highest BCUT2D eigenvalue weighted by Gasteiger charge is 2.54.